The lowest BCUT2D eigenvalue weighted by Crippen LogP contribution is -2.22. The summed E-state index contributed by atoms with van der Waals surface area (Å²) in [5.74, 6) is 0.164. The Balaban J connectivity index is 2.05. The molecule has 0 amide bonds. The summed E-state index contributed by atoms with van der Waals surface area (Å²) >= 11 is 0. The third-order valence-corrected chi connectivity index (χ3v) is 6.24. The quantitative estimate of drug-likeness (QED) is 0.0978. The summed E-state index contributed by atoms with van der Waals surface area (Å²) < 4.78 is 0. The van der Waals surface area contributed by atoms with Gasteiger partial charge in [0, 0.05) is 0 Å². The van der Waals surface area contributed by atoms with Gasteiger partial charge in [0.2, 0.25) is 0 Å². The number of guanidine groups is 4. The zero-order chi connectivity index (χ0) is 33.3. The molecule has 0 saturated carbocycles. The van der Waals surface area contributed by atoms with E-state index in [2.05, 4.69) is 74.6 Å². The van der Waals surface area contributed by atoms with Gasteiger partial charge in [0.05, 0.1) is 26.2 Å². The summed E-state index contributed by atoms with van der Waals surface area (Å²) in [5.41, 5.74) is 51.8. The third-order valence-electron chi connectivity index (χ3n) is 6.24. The van der Waals surface area contributed by atoms with E-state index in [1.807, 2.05) is 54.7 Å². The number of benzene rings is 3. The fraction of sp³-hybridized carbons (Fsp3) is 0.118. The molecule has 0 spiro atoms. The molecule has 0 aliphatic rings. The van der Waals surface area contributed by atoms with E-state index in [1.165, 1.54) is 0 Å². The number of hydrogen-bond acceptors (Lipinski definition) is 4. The van der Waals surface area contributed by atoms with Gasteiger partial charge in [-0.1, -0.05) is 66.8 Å². The van der Waals surface area contributed by atoms with Gasteiger partial charge in [0.15, 0.2) is 23.8 Å². The van der Waals surface area contributed by atoms with Crippen molar-refractivity contribution in [2.75, 3.05) is 26.2 Å². The highest BCUT2D eigenvalue weighted by Crippen LogP contribution is 2.30. The fourth-order valence-corrected chi connectivity index (χ4v) is 4.34. The molecule has 0 unspecified atom stereocenters. The minimum Gasteiger partial charge on any atom is -0.370 e. The molecule has 3 aromatic rings. The van der Waals surface area contributed by atoms with Gasteiger partial charge in [-0.15, -0.1) is 0 Å². The first kappa shape index (κ1) is 34.2. The van der Waals surface area contributed by atoms with Gasteiger partial charge in [0.25, 0.3) is 0 Å². The summed E-state index contributed by atoms with van der Waals surface area (Å²) in [5, 5.41) is 0. The maximum Gasteiger partial charge on any atom is 0.186 e. The van der Waals surface area contributed by atoms with Crippen molar-refractivity contribution in [2.45, 2.75) is 0 Å². The Hall–Kier alpha value is -6.30. The maximum absolute atomic E-state index is 5.47. The Kier molecular flexibility index (Phi) is 13.2. The third kappa shape index (κ3) is 12.5. The monoisotopic (exact) mass is 618 g/mol. The van der Waals surface area contributed by atoms with E-state index in [9.17, 15) is 0 Å². The molecule has 0 atom stereocenters. The van der Waals surface area contributed by atoms with E-state index in [4.69, 9.17) is 45.9 Å². The standard InChI is InChI=1S/C34H42N12/c35-31(36)43-12-2-6-23-16-24(7-3-13-44-32(37)38)19-29(18-23)27-10-1-11-28(22-27)30-20-25(8-4-14-45-33(39)40)17-26(21-30)9-5-15-46-34(41)42/h1-11,16-22H,12-15H2,(H4,35,36,43)(H4,37,38,44)(H4,39,40,45)(H4,41,42,46). The highest BCUT2D eigenvalue weighted by molar-refractivity contribution is 5.80. The highest BCUT2D eigenvalue weighted by atomic mass is 15.0. The molecule has 0 aliphatic carbocycles. The van der Waals surface area contributed by atoms with Gasteiger partial charge in [0.1, 0.15) is 0 Å². The Bertz CT molecular complexity index is 1490. The first-order valence-corrected chi connectivity index (χ1v) is 14.4. The maximum atomic E-state index is 5.47. The van der Waals surface area contributed by atoms with Crippen molar-refractivity contribution in [2.24, 2.45) is 65.8 Å². The lowest BCUT2D eigenvalue weighted by Gasteiger charge is -2.11. The minimum absolute atomic E-state index is 0.0410. The summed E-state index contributed by atoms with van der Waals surface area (Å²) in [6.45, 7) is 1.49. The molecular formula is C34H42N12. The van der Waals surface area contributed by atoms with E-state index in [-0.39, 0.29) is 23.8 Å². The van der Waals surface area contributed by atoms with Crippen LogP contribution in [0.25, 0.3) is 46.6 Å². The molecule has 238 valence electrons. The zero-order valence-corrected chi connectivity index (χ0v) is 25.6. The van der Waals surface area contributed by atoms with Crippen LogP contribution in [0, 0.1) is 0 Å². The van der Waals surface area contributed by atoms with Crippen LogP contribution in [-0.4, -0.2) is 50.0 Å². The van der Waals surface area contributed by atoms with E-state index in [0.717, 1.165) is 44.5 Å². The largest absolute Gasteiger partial charge is 0.370 e. The average Bonchev–Trinajstić information content (AvgIpc) is 3.01. The molecule has 0 fully saturated rings. The molecule has 0 aromatic heterocycles. The number of nitrogens with zero attached hydrogens (tertiary/aromatic N) is 4. The molecule has 12 nitrogen and oxygen atoms in total. The first-order chi connectivity index (χ1) is 22.1. The summed E-state index contributed by atoms with van der Waals surface area (Å²) in [6, 6.07) is 20.9. The molecule has 0 radical (unpaired) electrons. The molecule has 12 heteroatoms. The van der Waals surface area contributed by atoms with Crippen molar-refractivity contribution in [3.05, 3.63) is 107 Å². The van der Waals surface area contributed by atoms with Crippen molar-refractivity contribution in [3.8, 4) is 22.3 Å². The van der Waals surface area contributed by atoms with Crippen molar-refractivity contribution >= 4 is 48.1 Å². The highest BCUT2D eigenvalue weighted by Gasteiger charge is 2.06. The van der Waals surface area contributed by atoms with Crippen LogP contribution in [0.15, 0.2) is 105 Å². The summed E-state index contributed by atoms with van der Waals surface area (Å²) in [6.07, 6.45) is 15.5. The molecule has 0 bridgehead atoms. The first-order valence-electron chi connectivity index (χ1n) is 14.4. The van der Waals surface area contributed by atoms with E-state index >= 15 is 0 Å². The Labute approximate surface area is 269 Å². The predicted octanol–water partition coefficient (Wildman–Crippen LogP) is 2.17. The molecule has 3 aromatic carbocycles. The van der Waals surface area contributed by atoms with Crippen molar-refractivity contribution in [1.29, 1.82) is 0 Å². The van der Waals surface area contributed by atoms with Crippen molar-refractivity contribution in [1.82, 2.24) is 0 Å². The van der Waals surface area contributed by atoms with Crippen LogP contribution >= 0.6 is 0 Å². The second-order valence-electron chi connectivity index (χ2n) is 10.0. The number of aliphatic imine (C=N–C) groups is 4. The lowest BCUT2D eigenvalue weighted by molar-refractivity contribution is 1.22. The van der Waals surface area contributed by atoms with Gasteiger partial charge < -0.3 is 45.9 Å². The number of nitrogens with two attached hydrogens (primary N) is 8. The van der Waals surface area contributed by atoms with Crippen LogP contribution in [0.5, 0.6) is 0 Å². The number of rotatable bonds is 14. The normalized spacial score (nSPS) is 11.3. The van der Waals surface area contributed by atoms with E-state index in [1.54, 1.807) is 0 Å². The van der Waals surface area contributed by atoms with Gasteiger partial charge in [-0.3, -0.25) is 0 Å². The SMILES string of the molecule is NC(N)=NCC=Cc1cc(C=CCN=C(N)N)cc(-c2cccc(-c3cc(C=CCN=C(N)N)cc(C=CCN=C(N)N)c3)c2)c1. The van der Waals surface area contributed by atoms with Gasteiger partial charge in [-0.2, -0.15) is 0 Å². The Morgan fingerprint density at radius 3 is 0.935 bits per heavy atom. The van der Waals surface area contributed by atoms with Crippen molar-refractivity contribution in [3.63, 3.8) is 0 Å². The van der Waals surface area contributed by atoms with Crippen LogP contribution in [-0.2, 0) is 0 Å². The molecule has 0 heterocycles. The molecule has 3 rings (SSSR count). The smallest absolute Gasteiger partial charge is 0.186 e. The predicted molar refractivity (Wildman–Crippen MR) is 196 cm³/mol. The second-order valence-corrected chi connectivity index (χ2v) is 10.0. The molecular weight excluding hydrogens is 576 g/mol. The van der Waals surface area contributed by atoms with Gasteiger partial charge in [-0.05, 0) is 87.0 Å². The van der Waals surface area contributed by atoms with Gasteiger partial charge >= 0.3 is 0 Å². The zero-order valence-electron chi connectivity index (χ0n) is 25.6. The Morgan fingerprint density at radius 1 is 0.391 bits per heavy atom. The average molecular weight is 619 g/mol. The van der Waals surface area contributed by atoms with Crippen LogP contribution in [0.4, 0.5) is 0 Å². The van der Waals surface area contributed by atoms with Gasteiger partial charge in [-0.25, -0.2) is 20.0 Å². The topological polar surface area (TPSA) is 258 Å². The minimum atomic E-state index is 0.0410. The Morgan fingerprint density at radius 2 is 0.674 bits per heavy atom. The molecule has 0 aliphatic heterocycles. The van der Waals surface area contributed by atoms with E-state index in [0.29, 0.717) is 26.2 Å². The summed E-state index contributed by atoms with van der Waals surface area (Å²) in [4.78, 5) is 16.1. The van der Waals surface area contributed by atoms with Crippen LogP contribution in [0.3, 0.4) is 0 Å². The van der Waals surface area contributed by atoms with Crippen LogP contribution in [0.1, 0.15) is 22.3 Å². The van der Waals surface area contributed by atoms with Crippen LogP contribution < -0.4 is 45.9 Å². The summed E-state index contributed by atoms with van der Waals surface area (Å²) in [7, 11) is 0. The van der Waals surface area contributed by atoms with E-state index < -0.39 is 0 Å². The second kappa shape index (κ2) is 17.7. The molecule has 0 saturated heterocycles. The van der Waals surface area contributed by atoms with Crippen molar-refractivity contribution < 1.29 is 0 Å². The number of hydrogen-bond donors (Lipinski definition) is 8. The molecule has 16 N–H and O–H groups in total. The lowest BCUT2D eigenvalue weighted by atomic mass is 9.94. The fourth-order valence-electron chi connectivity index (χ4n) is 4.34. The van der Waals surface area contributed by atoms with Crippen LogP contribution in [0.2, 0.25) is 0 Å². The molecule has 46 heavy (non-hydrogen) atoms.